The molecule has 0 unspecified atom stereocenters. The largest absolute Gasteiger partial charge is 0.371 e. The van der Waals surface area contributed by atoms with Gasteiger partial charge in [-0.25, -0.2) is 0 Å². The molecule has 0 aliphatic carbocycles. The normalized spacial score (nSPS) is 15.9. The Labute approximate surface area is 242 Å². The van der Waals surface area contributed by atoms with Crippen molar-refractivity contribution in [2.75, 3.05) is 31.1 Å². The highest BCUT2D eigenvalue weighted by Gasteiger charge is 2.38. The number of carbonyl (C=O) groups is 2. The zero-order valence-corrected chi connectivity index (χ0v) is 25.1. The number of rotatable bonds is 10. The smallest absolute Gasteiger partial charge is 0.265 e. The maximum atomic E-state index is 13.2. The lowest BCUT2D eigenvalue weighted by Gasteiger charge is -2.36. The Bertz CT molecular complexity index is 1410. The fourth-order valence-corrected chi connectivity index (χ4v) is 7.49. The molecule has 1 saturated heterocycles. The van der Waals surface area contributed by atoms with Crippen LogP contribution in [0.1, 0.15) is 56.9 Å². The van der Waals surface area contributed by atoms with E-state index in [1.165, 1.54) is 24.1 Å². The number of hydrogen-bond acceptors (Lipinski definition) is 8. The van der Waals surface area contributed by atoms with Crippen molar-refractivity contribution in [3.05, 3.63) is 46.3 Å². The average molecular weight is 580 g/mol. The van der Waals surface area contributed by atoms with E-state index in [9.17, 15) is 9.59 Å². The summed E-state index contributed by atoms with van der Waals surface area (Å²) in [6.07, 6.45) is 6.72. The van der Waals surface area contributed by atoms with Crippen molar-refractivity contribution in [2.24, 2.45) is 10.2 Å². The first kappa shape index (κ1) is 27.6. The molecule has 1 aromatic carbocycles. The highest BCUT2D eigenvalue weighted by atomic mass is 32.1. The van der Waals surface area contributed by atoms with Gasteiger partial charge in [-0.05, 0) is 79.9 Å². The average Bonchev–Trinajstić information content (AvgIpc) is 3.62. The Balaban J connectivity index is 1.33. The highest BCUT2D eigenvalue weighted by molar-refractivity contribution is 7.80. The molecule has 204 valence electrons. The zero-order valence-electron chi connectivity index (χ0n) is 22.6. The molecule has 39 heavy (non-hydrogen) atoms. The Morgan fingerprint density at radius 3 is 2.28 bits per heavy atom. The molecule has 0 N–H and O–H groups in total. The number of benzene rings is 1. The van der Waals surface area contributed by atoms with E-state index >= 15 is 0 Å². The number of fused-ring (bicyclic) bond motifs is 2. The van der Waals surface area contributed by atoms with Crippen LogP contribution in [-0.4, -0.2) is 52.9 Å². The summed E-state index contributed by atoms with van der Waals surface area (Å²) in [7, 11) is 0. The van der Waals surface area contributed by atoms with Crippen LogP contribution in [0.4, 0.5) is 16.4 Å². The lowest BCUT2D eigenvalue weighted by molar-refractivity contribution is -0.133. The molecule has 2 amide bonds. The summed E-state index contributed by atoms with van der Waals surface area (Å²) in [5, 5.41) is 10.2. The molecule has 7 nitrogen and oxygen atoms in total. The highest BCUT2D eigenvalue weighted by Crippen LogP contribution is 2.40. The van der Waals surface area contributed by atoms with E-state index in [1.807, 2.05) is 32.0 Å². The van der Waals surface area contributed by atoms with Crippen LogP contribution in [0, 0.1) is 0 Å². The third-order valence-corrected chi connectivity index (χ3v) is 9.47. The van der Waals surface area contributed by atoms with Gasteiger partial charge < -0.3 is 4.90 Å². The SMILES string of the molecule is CCCCN1CCc2cc(/N=N/c3cc4sc(C=C5C(=O)N(CCC)C(=S)N(CCC)C5=O)cc4s3)ccc21. The van der Waals surface area contributed by atoms with Crippen molar-refractivity contribution in [1.82, 2.24) is 9.80 Å². The Morgan fingerprint density at radius 2 is 1.62 bits per heavy atom. The second kappa shape index (κ2) is 12.1. The molecule has 10 heteroatoms. The fraction of sp³-hybridized carbons (Fsp3) is 0.414. The second-order valence-corrected chi connectivity index (χ2v) is 12.4. The standard InChI is InChI=1S/C29H33N5O2S3/c1-4-7-13-32-14-10-19-15-20(8-9-23(19)32)30-31-26-18-25-24(39-26)17-21(38-25)16-22-27(35)33(11-5-2)29(37)34(12-6-3)28(22)36/h8-9,15-18H,4-7,10-14H2,1-3H3/b31-30+. The van der Waals surface area contributed by atoms with Crippen LogP contribution < -0.4 is 4.90 Å². The summed E-state index contributed by atoms with van der Waals surface area (Å²) < 4.78 is 2.12. The Kier molecular flexibility index (Phi) is 8.54. The first-order valence-electron chi connectivity index (χ1n) is 13.7. The van der Waals surface area contributed by atoms with E-state index in [2.05, 4.69) is 34.2 Å². The first-order valence-corrected chi connectivity index (χ1v) is 15.7. The second-order valence-electron chi connectivity index (χ2n) is 9.82. The number of nitrogens with zero attached hydrogens (tertiary/aromatic N) is 5. The van der Waals surface area contributed by atoms with Crippen LogP contribution in [-0.2, 0) is 16.0 Å². The van der Waals surface area contributed by atoms with Gasteiger partial charge in [-0.15, -0.1) is 32.9 Å². The van der Waals surface area contributed by atoms with Crippen molar-refractivity contribution in [1.29, 1.82) is 0 Å². The summed E-state index contributed by atoms with van der Waals surface area (Å²) in [5.74, 6) is -0.624. The molecule has 2 aliphatic rings. The predicted octanol–water partition coefficient (Wildman–Crippen LogP) is 7.70. The van der Waals surface area contributed by atoms with Crippen LogP contribution in [0.15, 0.2) is 46.1 Å². The van der Waals surface area contributed by atoms with Gasteiger partial charge in [0, 0.05) is 46.1 Å². The van der Waals surface area contributed by atoms with E-state index in [0.717, 1.165) is 57.3 Å². The lowest BCUT2D eigenvalue weighted by atomic mass is 10.1. The molecule has 0 atom stereocenters. The molecule has 3 aromatic rings. The van der Waals surface area contributed by atoms with Crippen LogP contribution >= 0.6 is 34.9 Å². The number of carbonyl (C=O) groups excluding carboxylic acids is 2. The number of anilines is 1. The summed E-state index contributed by atoms with van der Waals surface area (Å²) >= 11 is 8.57. The van der Waals surface area contributed by atoms with E-state index in [0.29, 0.717) is 18.2 Å². The van der Waals surface area contributed by atoms with Gasteiger partial charge in [-0.1, -0.05) is 27.2 Å². The van der Waals surface area contributed by atoms with Crippen molar-refractivity contribution in [2.45, 2.75) is 52.9 Å². The predicted molar refractivity (Wildman–Crippen MR) is 166 cm³/mol. The molecular weight excluding hydrogens is 547 g/mol. The van der Waals surface area contributed by atoms with Crippen LogP contribution in [0.5, 0.6) is 0 Å². The van der Waals surface area contributed by atoms with E-state index in [-0.39, 0.29) is 17.4 Å². The zero-order chi connectivity index (χ0) is 27.5. The number of unbranched alkanes of at least 4 members (excludes halogenated alkanes) is 1. The Morgan fingerprint density at radius 1 is 0.897 bits per heavy atom. The molecule has 5 rings (SSSR count). The number of azo groups is 1. The minimum atomic E-state index is -0.312. The van der Waals surface area contributed by atoms with Gasteiger partial charge in [0.1, 0.15) is 10.6 Å². The molecule has 0 spiro atoms. The molecule has 4 heterocycles. The van der Waals surface area contributed by atoms with E-state index < -0.39 is 0 Å². The molecular formula is C29H33N5O2S3. The number of thiocarbonyl (C=S) groups is 1. The van der Waals surface area contributed by atoms with Gasteiger partial charge in [0.25, 0.3) is 11.8 Å². The quantitative estimate of drug-likeness (QED) is 0.107. The molecule has 0 radical (unpaired) electrons. The maximum Gasteiger partial charge on any atom is 0.265 e. The van der Waals surface area contributed by atoms with Crippen molar-refractivity contribution in [3.8, 4) is 0 Å². The van der Waals surface area contributed by atoms with Crippen LogP contribution in [0.25, 0.3) is 15.5 Å². The molecule has 0 bridgehead atoms. The van der Waals surface area contributed by atoms with Gasteiger partial charge in [-0.2, -0.15) is 0 Å². The Hall–Kier alpha value is -2.95. The topological polar surface area (TPSA) is 68.6 Å². The summed E-state index contributed by atoms with van der Waals surface area (Å²) in [6.45, 7) is 9.40. The van der Waals surface area contributed by atoms with Crippen molar-refractivity contribution >= 4 is 83.7 Å². The van der Waals surface area contributed by atoms with Gasteiger partial charge in [0.15, 0.2) is 5.11 Å². The third-order valence-electron chi connectivity index (χ3n) is 6.91. The molecule has 2 aromatic heterocycles. The third kappa shape index (κ3) is 5.69. The van der Waals surface area contributed by atoms with Gasteiger partial charge in [0.2, 0.25) is 0 Å². The molecule has 1 fully saturated rings. The minimum Gasteiger partial charge on any atom is -0.371 e. The van der Waals surface area contributed by atoms with Crippen molar-refractivity contribution in [3.63, 3.8) is 0 Å². The first-order chi connectivity index (χ1) is 18.9. The fourth-order valence-electron chi connectivity index (χ4n) is 4.98. The van der Waals surface area contributed by atoms with Crippen molar-refractivity contribution < 1.29 is 9.59 Å². The van der Waals surface area contributed by atoms with E-state index in [1.54, 1.807) is 38.5 Å². The summed E-state index contributed by atoms with van der Waals surface area (Å²) in [4.78, 5) is 32.7. The minimum absolute atomic E-state index is 0.171. The van der Waals surface area contributed by atoms with Gasteiger partial charge in [-0.3, -0.25) is 19.4 Å². The van der Waals surface area contributed by atoms with Gasteiger partial charge >= 0.3 is 0 Å². The summed E-state index contributed by atoms with van der Waals surface area (Å²) in [6, 6.07) is 10.4. The number of hydrogen-bond donors (Lipinski definition) is 0. The van der Waals surface area contributed by atoms with Crippen LogP contribution in [0.2, 0.25) is 0 Å². The monoisotopic (exact) mass is 579 g/mol. The maximum absolute atomic E-state index is 13.2. The van der Waals surface area contributed by atoms with Gasteiger partial charge in [0.05, 0.1) is 5.69 Å². The number of amides is 2. The lowest BCUT2D eigenvalue weighted by Crippen LogP contribution is -2.56. The van der Waals surface area contributed by atoms with Crippen LogP contribution in [0.3, 0.4) is 0 Å². The van der Waals surface area contributed by atoms with E-state index in [4.69, 9.17) is 12.2 Å². The number of thiophene rings is 2. The molecule has 0 saturated carbocycles. The summed E-state index contributed by atoms with van der Waals surface area (Å²) in [5.41, 5.74) is 3.71. The molecule has 2 aliphatic heterocycles.